The molecule has 0 aromatic heterocycles. The average Bonchev–Trinajstić information content (AvgIpc) is 3.22. The molecule has 0 radical (unpaired) electrons. The third-order valence-corrected chi connectivity index (χ3v) is 3.24. The average molecular weight is 293 g/mol. The quantitative estimate of drug-likeness (QED) is 0.894. The lowest BCUT2D eigenvalue weighted by molar-refractivity contribution is 0.458. The van der Waals surface area contributed by atoms with E-state index in [1.54, 1.807) is 0 Å². The summed E-state index contributed by atoms with van der Waals surface area (Å²) >= 11 is 0. The molecule has 1 fully saturated rings. The first-order chi connectivity index (χ1) is 10.1. The molecule has 21 heavy (non-hydrogen) atoms. The molecular weight excluding hydrogens is 279 g/mol. The second kappa shape index (κ2) is 5.77. The predicted octanol–water partition coefficient (Wildman–Crippen LogP) is 4.15. The van der Waals surface area contributed by atoms with Crippen LogP contribution in [0, 0.1) is 17.5 Å². The Kier molecular flexibility index (Phi) is 3.84. The van der Waals surface area contributed by atoms with Gasteiger partial charge in [0.25, 0.3) is 0 Å². The first-order valence-corrected chi connectivity index (χ1v) is 6.76. The van der Waals surface area contributed by atoms with Gasteiger partial charge < -0.3 is 10.1 Å². The van der Waals surface area contributed by atoms with E-state index in [0.29, 0.717) is 23.9 Å². The van der Waals surface area contributed by atoms with Crippen LogP contribution in [0.5, 0.6) is 11.5 Å². The highest BCUT2D eigenvalue weighted by Crippen LogP contribution is 2.28. The van der Waals surface area contributed by atoms with Crippen molar-refractivity contribution in [1.82, 2.24) is 5.32 Å². The molecule has 0 atom stereocenters. The Morgan fingerprint density at radius 2 is 1.67 bits per heavy atom. The van der Waals surface area contributed by atoms with Crippen molar-refractivity contribution >= 4 is 0 Å². The van der Waals surface area contributed by atoms with Crippen molar-refractivity contribution in [1.29, 1.82) is 0 Å². The molecule has 0 bridgehead atoms. The van der Waals surface area contributed by atoms with Gasteiger partial charge in [-0.2, -0.15) is 0 Å². The molecule has 110 valence electrons. The van der Waals surface area contributed by atoms with Gasteiger partial charge in [0.1, 0.15) is 29.0 Å². The lowest BCUT2D eigenvalue weighted by Gasteiger charge is -2.12. The highest BCUT2D eigenvalue weighted by Gasteiger charge is 2.21. The summed E-state index contributed by atoms with van der Waals surface area (Å²) < 4.78 is 45.2. The third-order valence-electron chi connectivity index (χ3n) is 3.24. The Hall–Kier alpha value is -2.01. The van der Waals surface area contributed by atoms with Crippen LogP contribution in [0.2, 0.25) is 0 Å². The zero-order chi connectivity index (χ0) is 14.8. The normalized spacial score (nSPS) is 14.2. The minimum atomic E-state index is -0.718. The topological polar surface area (TPSA) is 21.3 Å². The van der Waals surface area contributed by atoms with Crippen molar-refractivity contribution in [2.24, 2.45) is 0 Å². The van der Waals surface area contributed by atoms with Gasteiger partial charge in [0, 0.05) is 36.3 Å². The maximum atomic E-state index is 13.4. The SMILES string of the molecule is Fc1cc(F)cc(Oc2ccc(F)cc2CNC2CC2)c1. The monoisotopic (exact) mass is 293 g/mol. The van der Waals surface area contributed by atoms with E-state index in [9.17, 15) is 13.2 Å². The molecular formula is C16H14F3NO. The molecule has 1 aliphatic carbocycles. The van der Waals surface area contributed by atoms with E-state index in [1.165, 1.54) is 18.2 Å². The largest absolute Gasteiger partial charge is 0.457 e. The smallest absolute Gasteiger partial charge is 0.133 e. The van der Waals surface area contributed by atoms with Gasteiger partial charge in [-0.15, -0.1) is 0 Å². The molecule has 2 aromatic carbocycles. The number of halogens is 3. The van der Waals surface area contributed by atoms with E-state index in [2.05, 4.69) is 5.32 Å². The molecule has 0 amide bonds. The van der Waals surface area contributed by atoms with Crippen LogP contribution in [-0.4, -0.2) is 6.04 Å². The number of hydrogen-bond donors (Lipinski definition) is 1. The van der Waals surface area contributed by atoms with Crippen molar-refractivity contribution in [3.63, 3.8) is 0 Å². The van der Waals surface area contributed by atoms with Crippen molar-refractivity contribution in [2.75, 3.05) is 0 Å². The van der Waals surface area contributed by atoms with Gasteiger partial charge in [-0.1, -0.05) is 0 Å². The summed E-state index contributed by atoms with van der Waals surface area (Å²) in [7, 11) is 0. The lowest BCUT2D eigenvalue weighted by Crippen LogP contribution is -2.16. The van der Waals surface area contributed by atoms with Gasteiger partial charge in [-0.25, -0.2) is 13.2 Å². The predicted molar refractivity (Wildman–Crippen MR) is 72.7 cm³/mol. The summed E-state index contributed by atoms with van der Waals surface area (Å²) in [4.78, 5) is 0. The molecule has 0 aliphatic heterocycles. The summed E-state index contributed by atoms with van der Waals surface area (Å²) in [6, 6.07) is 7.49. The lowest BCUT2D eigenvalue weighted by atomic mass is 10.2. The first-order valence-electron chi connectivity index (χ1n) is 6.76. The number of rotatable bonds is 5. The van der Waals surface area contributed by atoms with Crippen molar-refractivity contribution in [3.8, 4) is 11.5 Å². The van der Waals surface area contributed by atoms with Gasteiger partial charge in [-0.3, -0.25) is 0 Å². The molecule has 3 rings (SSSR count). The third kappa shape index (κ3) is 3.76. The second-order valence-electron chi connectivity index (χ2n) is 5.11. The Balaban J connectivity index is 1.82. The fourth-order valence-electron chi connectivity index (χ4n) is 2.04. The fourth-order valence-corrected chi connectivity index (χ4v) is 2.04. The second-order valence-corrected chi connectivity index (χ2v) is 5.11. The zero-order valence-corrected chi connectivity index (χ0v) is 11.2. The maximum absolute atomic E-state index is 13.4. The van der Waals surface area contributed by atoms with Crippen molar-refractivity contribution < 1.29 is 17.9 Å². The molecule has 5 heteroatoms. The van der Waals surface area contributed by atoms with Gasteiger partial charge in [0.05, 0.1) is 0 Å². The van der Waals surface area contributed by atoms with E-state index in [4.69, 9.17) is 4.74 Å². The van der Waals surface area contributed by atoms with E-state index in [0.717, 1.165) is 31.0 Å². The summed E-state index contributed by atoms with van der Waals surface area (Å²) in [5.74, 6) is -1.38. The Labute approximate surface area is 120 Å². The molecule has 0 unspecified atom stereocenters. The van der Waals surface area contributed by atoms with Crippen LogP contribution in [0.25, 0.3) is 0 Å². The minimum Gasteiger partial charge on any atom is -0.457 e. The Bertz CT molecular complexity index is 636. The molecule has 0 saturated heterocycles. The summed E-state index contributed by atoms with van der Waals surface area (Å²) in [5.41, 5.74) is 0.617. The van der Waals surface area contributed by atoms with Crippen molar-refractivity contribution in [2.45, 2.75) is 25.4 Å². The molecule has 1 saturated carbocycles. The van der Waals surface area contributed by atoms with E-state index in [1.807, 2.05) is 0 Å². The maximum Gasteiger partial charge on any atom is 0.133 e. The van der Waals surface area contributed by atoms with Crippen LogP contribution in [0.1, 0.15) is 18.4 Å². The first kappa shape index (κ1) is 13.9. The van der Waals surface area contributed by atoms with Gasteiger partial charge >= 0.3 is 0 Å². The molecule has 2 nitrogen and oxygen atoms in total. The highest BCUT2D eigenvalue weighted by molar-refractivity contribution is 5.38. The zero-order valence-electron chi connectivity index (χ0n) is 11.2. The van der Waals surface area contributed by atoms with Crippen LogP contribution >= 0.6 is 0 Å². The van der Waals surface area contributed by atoms with E-state index in [-0.39, 0.29) is 11.6 Å². The highest BCUT2D eigenvalue weighted by atomic mass is 19.1. The van der Waals surface area contributed by atoms with E-state index >= 15 is 0 Å². The fraction of sp³-hybridized carbons (Fsp3) is 0.250. The number of nitrogens with one attached hydrogen (secondary N) is 1. The van der Waals surface area contributed by atoms with Gasteiger partial charge in [-0.05, 0) is 31.0 Å². The minimum absolute atomic E-state index is 0.0479. The van der Waals surface area contributed by atoms with Gasteiger partial charge in [0.2, 0.25) is 0 Å². The standard InChI is InChI=1S/C16H14F3NO/c17-11-1-4-16(10(5-11)9-20-14-2-3-14)21-15-7-12(18)6-13(19)8-15/h1,4-8,14,20H,2-3,9H2. The Morgan fingerprint density at radius 3 is 2.33 bits per heavy atom. The summed E-state index contributed by atoms with van der Waals surface area (Å²) in [5, 5.41) is 3.25. The van der Waals surface area contributed by atoms with E-state index < -0.39 is 11.6 Å². The molecule has 0 heterocycles. The Morgan fingerprint density at radius 1 is 0.952 bits per heavy atom. The molecule has 1 aliphatic rings. The number of benzene rings is 2. The van der Waals surface area contributed by atoms with Crippen LogP contribution in [0.3, 0.4) is 0 Å². The van der Waals surface area contributed by atoms with Crippen LogP contribution in [0.4, 0.5) is 13.2 Å². The van der Waals surface area contributed by atoms with Crippen LogP contribution in [0.15, 0.2) is 36.4 Å². The van der Waals surface area contributed by atoms with Crippen LogP contribution < -0.4 is 10.1 Å². The summed E-state index contributed by atoms with van der Waals surface area (Å²) in [6.07, 6.45) is 2.22. The molecule has 1 N–H and O–H groups in total. The number of hydrogen-bond acceptors (Lipinski definition) is 2. The van der Waals surface area contributed by atoms with Gasteiger partial charge in [0.15, 0.2) is 0 Å². The summed E-state index contributed by atoms with van der Waals surface area (Å²) in [6.45, 7) is 0.454. The number of ether oxygens (including phenoxy) is 1. The van der Waals surface area contributed by atoms with Crippen LogP contribution in [-0.2, 0) is 6.54 Å². The molecule has 2 aromatic rings. The van der Waals surface area contributed by atoms with Crippen molar-refractivity contribution in [3.05, 3.63) is 59.4 Å². The molecule has 0 spiro atoms.